The Hall–Kier alpha value is -1.84. The molecule has 114 valence electrons. The Bertz CT molecular complexity index is 513. The normalized spacial score (nSPS) is 13.1. The highest BCUT2D eigenvalue weighted by Gasteiger charge is 2.31. The van der Waals surface area contributed by atoms with Crippen molar-refractivity contribution in [2.24, 2.45) is 0 Å². The van der Waals surface area contributed by atoms with E-state index >= 15 is 0 Å². The first-order valence-corrected chi connectivity index (χ1v) is 7.87. The van der Waals surface area contributed by atoms with Crippen LogP contribution in [0.5, 0.6) is 0 Å². The van der Waals surface area contributed by atoms with E-state index in [0.29, 0.717) is 19.6 Å². The first-order chi connectivity index (χ1) is 10.2. The van der Waals surface area contributed by atoms with Gasteiger partial charge >= 0.3 is 11.8 Å². The van der Waals surface area contributed by atoms with Crippen LogP contribution in [0.2, 0.25) is 0 Å². The molecule has 4 heteroatoms. The lowest BCUT2D eigenvalue weighted by Crippen LogP contribution is -2.45. The van der Waals surface area contributed by atoms with Gasteiger partial charge in [0.1, 0.15) is 0 Å². The fourth-order valence-electron chi connectivity index (χ4n) is 2.73. The monoisotopic (exact) mass is 288 g/mol. The second kappa shape index (κ2) is 7.25. The topological polar surface area (TPSA) is 40.6 Å². The zero-order valence-electron chi connectivity index (χ0n) is 13.0. The van der Waals surface area contributed by atoms with Crippen LogP contribution in [0.15, 0.2) is 24.3 Å². The van der Waals surface area contributed by atoms with Crippen molar-refractivity contribution in [3.05, 3.63) is 29.8 Å². The van der Waals surface area contributed by atoms with Gasteiger partial charge in [-0.2, -0.15) is 0 Å². The molecule has 1 aromatic carbocycles. The van der Waals surface area contributed by atoms with Gasteiger partial charge in [-0.1, -0.05) is 38.5 Å². The maximum absolute atomic E-state index is 12.5. The van der Waals surface area contributed by atoms with Crippen LogP contribution in [0.3, 0.4) is 0 Å². The summed E-state index contributed by atoms with van der Waals surface area (Å²) in [7, 11) is 0. The predicted octanol–water partition coefficient (Wildman–Crippen LogP) is 2.61. The molecule has 1 heterocycles. The minimum atomic E-state index is -0.385. The number of benzene rings is 1. The minimum absolute atomic E-state index is 0.359. The molecule has 0 aliphatic carbocycles. The van der Waals surface area contributed by atoms with E-state index in [0.717, 1.165) is 36.9 Å². The van der Waals surface area contributed by atoms with Gasteiger partial charge in [-0.15, -0.1) is 0 Å². The average Bonchev–Trinajstić information content (AvgIpc) is 2.94. The number of amides is 2. The Kier molecular flexibility index (Phi) is 5.37. The maximum atomic E-state index is 12.5. The van der Waals surface area contributed by atoms with E-state index in [1.807, 2.05) is 31.2 Å². The van der Waals surface area contributed by atoms with E-state index in [-0.39, 0.29) is 11.8 Å². The van der Waals surface area contributed by atoms with Crippen LogP contribution in [0.4, 0.5) is 5.69 Å². The van der Waals surface area contributed by atoms with Crippen molar-refractivity contribution in [2.75, 3.05) is 24.5 Å². The number of para-hydroxylation sites is 1. The van der Waals surface area contributed by atoms with E-state index in [2.05, 4.69) is 6.92 Å². The Morgan fingerprint density at radius 2 is 1.90 bits per heavy atom. The summed E-state index contributed by atoms with van der Waals surface area (Å²) in [6, 6.07) is 7.83. The van der Waals surface area contributed by atoms with Crippen molar-refractivity contribution in [1.82, 2.24) is 4.90 Å². The molecule has 0 saturated carbocycles. The van der Waals surface area contributed by atoms with Crippen LogP contribution in [-0.4, -0.2) is 36.3 Å². The smallest absolute Gasteiger partial charge is 0.316 e. The summed E-state index contributed by atoms with van der Waals surface area (Å²) in [4.78, 5) is 28.3. The predicted molar refractivity (Wildman–Crippen MR) is 84.3 cm³/mol. The van der Waals surface area contributed by atoms with Crippen LogP contribution < -0.4 is 4.90 Å². The van der Waals surface area contributed by atoms with E-state index in [9.17, 15) is 9.59 Å². The van der Waals surface area contributed by atoms with E-state index in [4.69, 9.17) is 0 Å². The molecule has 0 aromatic heterocycles. The molecule has 4 nitrogen and oxygen atoms in total. The van der Waals surface area contributed by atoms with Crippen LogP contribution in [-0.2, 0) is 16.0 Å². The van der Waals surface area contributed by atoms with Crippen molar-refractivity contribution in [3.63, 3.8) is 0 Å². The molecule has 0 saturated heterocycles. The fraction of sp³-hybridized carbons (Fsp3) is 0.529. The van der Waals surface area contributed by atoms with Gasteiger partial charge in [0.25, 0.3) is 0 Å². The number of hydrogen-bond acceptors (Lipinski definition) is 2. The zero-order valence-corrected chi connectivity index (χ0v) is 13.0. The summed E-state index contributed by atoms with van der Waals surface area (Å²) in [6.07, 6.45) is 3.67. The Balaban J connectivity index is 2.10. The summed E-state index contributed by atoms with van der Waals surface area (Å²) in [5.41, 5.74) is 2.04. The zero-order chi connectivity index (χ0) is 15.2. The Morgan fingerprint density at radius 1 is 1.14 bits per heavy atom. The summed E-state index contributed by atoms with van der Waals surface area (Å²) in [5, 5.41) is 0. The molecule has 2 amide bonds. The SMILES string of the molecule is CCCCN(CCC)C(=O)C(=O)N1CCc2ccccc21. The molecule has 1 aliphatic rings. The third-order valence-corrected chi connectivity index (χ3v) is 3.88. The molecule has 0 bridgehead atoms. The van der Waals surface area contributed by atoms with E-state index < -0.39 is 0 Å². The summed E-state index contributed by atoms with van der Waals surface area (Å²) in [6.45, 7) is 6.05. The number of rotatable bonds is 5. The van der Waals surface area contributed by atoms with E-state index in [1.165, 1.54) is 0 Å². The van der Waals surface area contributed by atoms with Gasteiger partial charge in [-0.3, -0.25) is 9.59 Å². The molecule has 1 aromatic rings. The maximum Gasteiger partial charge on any atom is 0.316 e. The van der Waals surface area contributed by atoms with Gasteiger partial charge in [0, 0.05) is 25.3 Å². The third kappa shape index (κ3) is 3.43. The first kappa shape index (κ1) is 15.5. The minimum Gasteiger partial charge on any atom is -0.334 e. The molecule has 0 unspecified atom stereocenters. The Labute approximate surface area is 126 Å². The van der Waals surface area contributed by atoms with Gasteiger partial charge in [0.15, 0.2) is 0 Å². The second-order valence-corrected chi connectivity index (χ2v) is 5.48. The highest BCUT2D eigenvalue weighted by molar-refractivity contribution is 6.40. The van der Waals surface area contributed by atoms with Crippen LogP contribution >= 0.6 is 0 Å². The lowest BCUT2D eigenvalue weighted by molar-refractivity contribution is -0.144. The third-order valence-electron chi connectivity index (χ3n) is 3.88. The van der Waals surface area contributed by atoms with Crippen LogP contribution in [0.25, 0.3) is 0 Å². The molecular weight excluding hydrogens is 264 g/mol. The number of fused-ring (bicyclic) bond motifs is 1. The van der Waals surface area contributed by atoms with Gasteiger partial charge in [0.2, 0.25) is 0 Å². The van der Waals surface area contributed by atoms with Crippen LogP contribution in [0, 0.1) is 0 Å². The lowest BCUT2D eigenvalue weighted by atomic mass is 10.2. The number of hydrogen-bond donors (Lipinski definition) is 0. The first-order valence-electron chi connectivity index (χ1n) is 7.87. The summed E-state index contributed by atoms with van der Waals surface area (Å²) < 4.78 is 0. The second-order valence-electron chi connectivity index (χ2n) is 5.48. The highest BCUT2D eigenvalue weighted by Crippen LogP contribution is 2.27. The number of carbonyl (C=O) groups excluding carboxylic acids is 2. The lowest BCUT2D eigenvalue weighted by Gasteiger charge is -2.24. The van der Waals surface area contributed by atoms with Crippen molar-refractivity contribution in [3.8, 4) is 0 Å². The van der Waals surface area contributed by atoms with Crippen molar-refractivity contribution in [1.29, 1.82) is 0 Å². The molecule has 0 N–H and O–H groups in total. The molecule has 0 atom stereocenters. The summed E-state index contributed by atoms with van der Waals surface area (Å²) in [5.74, 6) is -0.744. The average molecular weight is 288 g/mol. The molecular formula is C17H24N2O2. The van der Waals surface area contributed by atoms with Gasteiger partial charge in [-0.25, -0.2) is 0 Å². The number of nitrogens with zero attached hydrogens (tertiary/aromatic N) is 2. The van der Waals surface area contributed by atoms with Gasteiger partial charge < -0.3 is 9.80 Å². The molecule has 1 aliphatic heterocycles. The fourth-order valence-corrected chi connectivity index (χ4v) is 2.73. The molecule has 21 heavy (non-hydrogen) atoms. The number of anilines is 1. The molecule has 2 rings (SSSR count). The van der Waals surface area contributed by atoms with Gasteiger partial charge in [-0.05, 0) is 30.9 Å². The highest BCUT2D eigenvalue weighted by atomic mass is 16.2. The van der Waals surface area contributed by atoms with Gasteiger partial charge in [0.05, 0.1) is 0 Å². The van der Waals surface area contributed by atoms with Crippen molar-refractivity contribution < 1.29 is 9.59 Å². The number of carbonyl (C=O) groups is 2. The number of unbranched alkanes of at least 4 members (excludes halogenated alkanes) is 1. The standard InChI is InChI=1S/C17H24N2O2/c1-3-5-12-18(11-4-2)16(20)17(21)19-13-10-14-8-6-7-9-15(14)19/h6-9H,3-5,10-13H2,1-2H3. The summed E-state index contributed by atoms with van der Waals surface area (Å²) >= 11 is 0. The Morgan fingerprint density at radius 3 is 2.62 bits per heavy atom. The molecule has 0 spiro atoms. The molecule has 0 radical (unpaired) electrons. The van der Waals surface area contributed by atoms with E-state index in [1.54, 1.807) is 9.80 Å². The van der Waals surface area contributed by atoms with Crippen molar-refractivity contribution in [2.45, 2.75) is 39.5 Å². The quantitative estimate of drug-likeness (QED) is 0.781. The largest absolute Gasteiger partial charge is 0.334 e. The van der Waals surface area contributed by atoms with Crippen LogP contribution in [0.1, 0.15) is 38.7 Å². The molecule has 0 fully saturated rings. The van der Waals surface area contributed by atoms with Crippen molar-refractivity contribution >= 4 is 17.5 Å².